The normalized spacial score (nSPS) is 18.5. The van der Waals surface area contributed by atoms with Crippen LogP contribution in [0.15, 0.2) is 85.2 Å². The standard InChI is InChI=1S/C46H61N11O3/c1-49-46(59)41(9-5-30-58)52-36-12-14-38(15-13-36)57-28-26-56(27-29-57)32-34-18-23-55(31-34)22-6-21-54-24-19-37(20-25-54)53-45-42(44(48)50-33-51-45)43(47)35-10-16-40(17-11-35)60-39-7-3-2-4-8-39/h2-4,7-8,10-17,30,33-34,37,41,47,52H,5-6,9,18-29,31-32H2,1H3,(H,49,59)(H3,48,50,51,53). The van der Waals surface area contributed by atoms with Gasteiger partial charge in [-0.2, -0.15) is 0 Å². The molecule has 4 heterocycles. The minimum atomic E-state index is -0.428. The largest absolute Gasteiger partial charge is 0.457 e. The smallest absolute Gasteiger partial charge is 0.242 e. The van der Waals surface area contributed by atoms with Crippen molar-refractivity contribution in [2.24, 2.45) is 5.92 Å². The molecule has 4 aromatic rings. The van der Waals surface area contributed by atoms with Gasteiger partial charge in [-0.15, -0.1) is 0 Å². The second-order valence-corrected chi connectivity index (χ2v) is 16.3. The number of benzene rings is 3. The van der Waals surface area contributed by atoms with Gasteiger partial charge in [0.05, 0.1) is 11.3 Å². The number of rotatable bonds is 19. The molecule has 0 bridgehead atoms. The zero-order valence-corrected chi connectivity index (χ0v) is 34.9. The van der Waals surface area contributed by atoms with Gasteiger partial charge in [0, 0.05) is 88.8 Å². The number of aromatic nitrogens is 2. The molecule has 318 valence electrons. The first-order valence-corrected chi connectivity index (χ1v) is 21.6. The Labute approximate surface area is 354 Å². The Bertz CT molecular complexity index is 1980. The lowest BCUT2D eigenvalue weighted by Crippen LogP contribution is -2.48. The lowest BCUT2D eigenvalue weighted by atomic mass is 10.0. The number of nitrogen functional groups attached to an aromatic ring is 1. The van der Waals surface area contributed by atoms with Gasteiger partial charge in [-0.05, 0) is 118 Å². The molecule has 7 rings (SSSR count). The van der Waals surface area contributed by atoms with Gasteiger partial charge < -0.3 is 45.9 Å². The Morgan fingerprint density at radius 2 is 1.57 bits per heavy atom. The van der Waals surface area contributed by atoms with Crippen LogP contribution in [0.5, 0.6) is 11.5 Å². The van der Waals surface area contributed by atoms with E-state index in [1.165, 1.54) is 44.5 Å². The topological polar surface area (TPSA) is 168 Å². The number of anilines is 4. The van der Waals surface area contributed by atoms with E-state index >= 15 is 0 Å². The second-order valence-electron chi connectivity index (χ2n) is 16.3. The molecule has 3 aliphatic rings. The number of nitrogens with two attached hydrogens (primary N) is 1. The third-order valence-electron chi connectivity index (χ3n) is 12.1. The Morgan fingerprint density at radius 3 is 2.28 bits per heavy atom. The number of nitrogens with zero attached hydrogens (tertiary/aromatic N) is 6. The lowest BCUT2D eigenvalue weighted by molar-refractivity contribution is -0.121. The van der Waals surface area contributed by atoms with Crippen molar-refractivity contribution in [1.82, 2.24) is 30.0 Å². The van der Waals surface area contributed by atoms with E-state index in [2.05, 4.69) is 57.7 Å². The number of carbonyl (C=O) groups excluding carboxylic acids is 2. The fourth-order valence-electron chi connectivity index (χ4n) is 8.69. The van der Waals surface area contributed by atoms with Gasteiger partial charge in [0.15, 0.2) is 0 Å². The molecule has 60 heavy (non-hydrogen) atoms. The zero-order chi connectivity index (χ0) is 41.7. The third kappa shape index (κ3) is 11.6. The molecule has 3 saturated heterocycles. The van der Waals surface area contributed by atoms with Crippen molar-refractivity contribution in [2.75, 3.05) is 100 Å². The van der Waals surface area contributed by atoms with Gasteiger partial charge in [0.25, 0.3) is 0 Å². The van der Waals surface area contributed by atoms with E-state index in [4.69, 9.17) is 15.9 Å². The molecule has 2 unspecified atom stereocenters. The molecule has 0 saturated carbocycles. The highest BCUT2D eigenvalue weighted by atomic mass is 16.5. The molecule has 1 aromatic heterocycles. The van der Waals surface area contributed by atoms with Crippen molar-refractivity contribution in [2.45, 2.75) is 50.6 Å². The van der Waals surface area contributed by atoms with Crippen molar-refractivity contribution < 1.29 is 14.3 Å². The van der Waals surface area contributed by atoms with Crippen LogP contribution in [-0.4, -0.2) is 134 Å². The number of amides is 1. The molecular formula is C46H61N11O3. The number of hydrogen-bond donors (Lipinski definition) is 5. The second kappa shape index (κ2) is 21.1. The van der Waals surface area contributed by atoms with E-state index < -0.39 is 6.04 Å². The number of para-hydroxylation sites is 1. The summed E-state index contributed by atoms with van der Waals surface area (Å²) >= 11 is 0. The predicted molar refractivity (Wildman–Crippen MR) is 239 cm³/mol. The van der Waals surface area contributed by atoms with Crippen molar-refractivity contribution in [3.8, 4) is 11.5 Å². The van der Waals surface area contributed by atoms with Gasteiger partial charge in [0.2, 0.25) is 5.91 Å². The molecule has 14 nitrogen and oxygen atoms in total. The molecule has 3 aliphatic heterocycles. The number of hydrogen-bond acceptors (Lipinski definition) is 13. The molecule has 6 N–H and O–H groups in total. The van der Waals surface area contributed by atoms with E-state index in [1.807, 2.05) is 66.7 Å². The van der Waals surface area contributed by atoms with Crippen molar-refractivity contribution in [3.05, 3.63) is 96.3 Å². The number of likely N-dealkylation sites (tertiary alicyclic amines) is 2. The molecule has 1 amide bonds. The van der Waals surface area contributed by atoms with Crippen LogP contribution < -0.4 is 31.3 Å². The number of likely N-dealkylation sites (N-methyl/N-ethyl adjacent to an activating group) is 1. The van der Waals surface area contributed by atoms with E-state index in [9.17, 15) is 9.59 Å². The summed E-state index contributed by atoms with van der Waals surface area (Å²) in [5.74, 6) is 2.99. The molecule has 3 aromatic carbocycles. The molecular weight excluding hydrogens is 755 g/mol. The van der Waals surface area contributed by atoms with Gasteiger partial charge in [-0.3, -0.25) is 15.1 Å². The fraction of sp³-hybridized carbons (Fsp3) is 0.457. The van der Waals surface area contributed by atoms with E-state index in [0.717, 1.165) is 94.4 Å². The van der Waals surface area contributed by atoms with E-state index in [0.29, 0.717) is 35.8 Å². The van der Waals surface area contributed by atoms with Gasteiger partial charge in [-0.1, -0.05) is 18.2 Å². The molecule has 0 spiro atoms. The number of nitrogens with one attached hydrogen (secondary N) is 4. The van der Waals surface area contributed by atoms with Gasteiger partial charge in [0.1, 0.15) is 41.8 Å². The summed E-state index contributed by atoms with van der Waals surface area (Å²) in [6, 6.07) is 25.2. The number of piperidine rings is 1. The number of carbonyl (C=O) groups is 2. The summed E-state index contributed by atoms with van der Waals surface area (Å²) in [5, 5.41) is 18.6. The minimum absolute atomic E-state index is 0.111. The van der Waals surface area contributed by atoms with E-state index in [-0.39, 0.29) is 17.7 Å². The van der Waals surface area contributed by atoms with Crippen LogP contribution in [-0.2, 0) is 9.59 Å². The average Bonchev–Trinajstić information content (AvgIpc) is 3.73. The Balaban J connectivity index is 0.785. The van der Waals surface area contributed by atoms with E-state index in [1.54, 1.807) is 7.05 Å². The Morgan fingerprint density at radius 1 is 0.867 bits per heavy atom. The zero-order valence-electron chi connectivity index (χ0n) is 34.9. The first-order chi connectivity index (χ1) is 29.3. The highest BCUT2D eigenvalue weighted by Gasteiger charge is 2.27. The van der Waals surface area contributed by atoms with Crippen molar-refractivity contribution >= 4 is 40.9 Å². The molecule has 0 aliphatic carbocycles. The summed E-state index contributed by atoms with van der Waals surface area (Å²) in [4.78, 5) is 42.2. The molecule has 0 radical (unpaired) electrons. The highest BCUT2D eigenvalue weighted by Crippen LogP contribution is 2.28. The van der Waals surface area contributed by atoms with Crippen LogP contribution in [0.3, 0.4) is 0 Å². The highest BCUT2D eigenvalue weighted by molar-refractivity contribution is 6.16. The first kappa shape index (κ1) is 42.6. The van der Waals surface area contributed by atoms with Gasteiger partial charge in [-0.25, -0.2) is 9.97 Å². The molecule has 2 atom stereocenters. The summed E-state index contributed by atoms with van der Waals surface area (Å²) in [6.45, 7) is 12.0. The Kier molecular flexibility index (Phi) is 15.0. The number of piperazine rings is 1. The molecule has 14 heteroatoms. The third-order valence-corrected chi connectivity index (χ3v) is 12.1. The maximum Gasteiger partial charge on any atom is 0.242 e. The summed E-state index contributed by atoms with van der Waals surface area (Å²) < 4.78 is 5.94. The first-order valence-electron chi connectivity index (χ1n) is 21.6. The summed E-state index contributed by atoms with van der Waals surface area (Å²) in [5.41, 5.74) is 9.96. The Hall–Kier alpha value is -5.57. The predicted octanol–water partition coefficient (Wildman–Crippen LogP) is 5.18. The van der Waals surface area contributed by atoms with Crippen LogP contribution in [0.1, 0.15) is 49.7 Å². The van der Waals surface area contributed by atoms with Crippen molar-refractivity contribution in [3.63, 3.8) is 0 Å². The monoisotopic (exact) mass is 815 g/mol. The lowest BCUT2D eigenvalue weighted by Gasteiger charge is -2.37. The fourth-order valence-corrected chi connectivity index (χ4v) is 8.69. The molecule has 3 fully saturated rings. The minimum Gasteiger partial charge on any atom is -0.457 e. The van der Waals surface area contributed by atoms with Gasteiger partial charge >= 0.3 is 0 Å². The van der Waals surface area contributed by atoms with Crippen LogP contribution >= 0.6 is 0 Å². The maximum atomic E-state index is 12.2. The maximum absolute atomic E-state index is 12.2. The number of ether oxygens (including phenoxy) is 1. The summed E-state index contributed by atoms with van der Waals surface area (Å²) in [6.07, 6.45) is 7.61. The summed E-state index contributed by atoms with van der Waals surface area (Å²) in [7, 11) is 1.62. The van der Waals surface area contributed by atoms with Crippen LogP contribution in [0, 0.1) is 11.3 Å². The number of aldehydes is 1. The van der Waals surface area contributed by atoms with Crippen LogP contribution in [0.25, 0.3) is 0 Å². The van der Waals surface area contributed by atoms with Crippen molar-refractivity contribution in [1.29, 1.82) is 5.41 Å². The van der Waals surface area contributed by atoms with Crippen LogP contribution in [0.4, 0.5) is 23.0 Å². The quantitative estimate of drug-likeness (QED) is 0.0623. The van der Waals surface area contributed by atoms with Crippen LogP contribution in [0.2, 0.25) is 0 Å². The average molecular weight is 816 g/mol. The SMILES string of the molecule is CNC(=O)C(CCC=O)Nc1ccc(N2CCN(CC3CCN(CCCN4CCC(Nc5ncnc(N)c5C(=N)c5ccc(Oc6ccccc6)cc5)CC4)C3)CC2)cc1.